The van der Waals surface area contributed by atoms with E-state index in [4.69, 9.17) is 4.42 Å². The van der Waals surface area contributed by atoms with Crippen LogP contribution in [0.3, 0.4) is 0 Å². The first kappa shape index (κ1) is 13.4. The van der Waals surface area contributed by atoms with Crippen LogP contribution in [-0.2, 0) is 10.4 Å². The maximum atomic E-state index is 12.0. The lowest BCUT2D eigenvalue weighted by Gasteiger charge is -2.29. The van der Waals surface area contributed by atoms with Crippen LogP contribution in [0.25, 0.3) is 0 Å². The zero-order valence-corrected chi connectivity index (χ0v) is 11.9. The number of nitrogens with one attached hydrogen (secondary N) is 1. The fourth-order valence-corrected chi connectivity index (χ4v) is 3.10. The van der Waals surface area contributed by atoms with Crippen molar-refractivity contribution in [1.29, 1.82) is 0 Å². The first-order valence-corrected chi connectivity index (χ1v) is 7.71. The number of carbonyl (C=O) groups is 1. The van der Waals surface area contributed by atoms with Crippen molar-refractivity contribution < 1.29 is 14.3 Å². The highest BCUT2D eigenvalue weighted by Crippen LogP contribution is 2.32. The molecule has 1 aliphatic rings. The molecule has 0 saturated heterocycles. The molecule has 0 bridgehead atoms. The van der Waals surface area contributed by atoms with E-state index in [1.165, 1.54) is 17.6 Å². The quantitative estimate of drug-likeness (QED) is 0.889. The molecule has 0 radical (unpaired) electrons. The lowest BCUT2D eigenvalue weighted by atomic mass is 9.84. The largest absolute Gasteiger partial charge is 0.466 e. The second-order valence-corrected chi connectivity index (χ2v) is 5.98. The molecule has 0 spiro atoms. The molecule has 3 rings (SSSR count). The second kappa shape index (κ2) is 5.42. The van der Waals surface area contributed by atoms with Gasteiger partial charge in [-0.25, -0.2) is 0 Å². The molecular weight excluding hydrogens is 274 g/mol. The Balaban J connectivity index is 1.78. The molecule has 1 aliphatic carbocycles. The van der Waals surface area contributed by atoms with Crippen molar-refractivity contribution in [2.24, 2.45) is 5.92 Å². The summed E-state index contributed by atoms with van der Waals surface area (Å²) in [6.45, 7) is 0.132. The van der Waals surface area contributed by atoms with Crippen LogP contribution in [0.5, 0.6) is 0 Å². The van der Waals surface area contributed by atoms with Crippen LogP contribution in [0.2, 0.25) is 0 Å². The van der Waals surface area contributed by atoms with Crippen molar-refractivity contribution in [3.05, 3.63) is 46.5 Å². The van der Waals surface area contributed by atoms with Gasteiger partial charge in [0, 0.05) is 11.5 Å². The van der Waals surface area contributed by atoms with Crippen molar-refractivity contribution in [3.8, 4) is 0 Å². The van der Waals surface area contributed by atoms with Crippen LogP contribution in [0.1, 0.15) is 30.6 Å². The zero-order chi connectivity index (χ0) is 14.0. The molecule has 2 heterocycles. The number of rotatable bonds is 5. The highest BCUT2D eigenvalue weighted by Gasteiger charge is 2.36. The third kappa shape index (κ3) is 2.39. The summed E-state index contributed by atoms with van der Waals surface area (Å²) in [5, 5.41) is 17.6. The van der Waals surface area contributed by atoms with Crippen molar-refractivity contribution in [2.45, 2.75) is 24.9 Å². The molecule has 20 heavy (non-hydrogen) atoms. The predicted octanol–water partition coefficient (Wildman–Crippen LogP) is 2.49. The van der Waals surface area contributed by atoms with Crippen molar-refractivity contribution >= 4 is 17.2 Å². The molecule has 0 aromatic carbocycles. The number of aliphatic hydroxyl groups is 1. The molecule has 2 N–H and O–H groups in total. The Kier molecular flexibility index (Phi) is 3.63. The molecular formula is C15H17NO3S. The third-order valence-corrected chi connectivity index (χ3v) is 4.61. The minimum absolute atomic E-state index is 0.0245. The van der Waals surface area contributed by atoms with E-state index in [1.807, 2.05) is 16.8 Å². The SMILES string of the molecule is O=C(NC[C@@](O)(c1ccsc1)c1ccco1)C1CCC1. The summed E-state index contributed by atoms with van der Waals surface area (Å²) in [5.41, 5.74) is -0.561. The van der Waals surface area contributed by atoms with Crippen LogP contribution in [0, 0.1) is 5.92 Å². The highest BCUT2D eigenvalue weighted by molar-refractivity contribution is 7.08. The highest BCUT2D eigenvalue weighted by atomic mass is 32.1. The summed E-state index contributed by atoms with van der Waals surface area (Å²) in [6.07, 6.45) is 4.54. The summed E-state index contributed by atoms with van der Waals surface area (Å²) in [4.78, 5) is 12.0. The lowest BCUT2D eigenvalue weighted by molar-refractivity contribution is -0.128. The Morgan fingerprint density at radius 2 is 2.35 bits per heavy atom. The standard InChI is InChI=1S/C15H17NO3S/c17-14(11-3-1-4-11)16-10-15(18,12-6-8-20-9-12)13-5-2-7-19-13/h2,5-9,11,18H,1,3-4,10H2,(H,16,17)/t15-/m1/s1. The molecule has 1 amide bonds. The van der Waals surface area contributed by atoms with Crippen LogP contribution < -0.4 is 5.32 Å². The fraction of sp³-hybridized carbons (Fsp3) is 0.400. The van der Waals surface area contributed by atoms with E-state index in [2.05, 4.69) is 5.32 Å². The summed E-state index contributed by atoms with van der Waals surface area (Å²) in [6, 6.07) is 5.32. The minimum Gasteiger partial charge on any atom is -0.466 e. The molecule has 5 heteroatoms. The molecule has 2 aromatic rings. The van der Waals surface area contributed by atoms with Crippen molar-refractivity contribution in [3.63, 3.8) is 0 Å². The molecule has 2 aromatic heterocycles. The predicted molar refractivity (Wildman–Crippen MR) is 76.4 cm³/mol. The Hall–Kier alpha value is -1.59. The van der Waals surface area contributed by atoms with Gasteiger partial charge in [0.25, 0.3) is 0 Å². The summed E-state index contributed by atoms with van der Waals surface area (Å²) in [5.74, 6) is 0.583. The van der Waals surface area contributed by atoms with Gasteiger partial charge in [-0.3, -0.25) is 4.79 Å². The van der Waals surface area contributed by atoms with Gasteiger partial charge >= 0.3 is 0 Å². The normalized spacial score (nSPS) is 18.2. The maximum Gasteiger partial charge on any atom is 0.223 e. The zero-order valence-electron chi connectivity index (χ0n) is 11.0. The average Bonchev–Trinajstić information content (AvgIpc) is 3.05. The number of amides is 1. The van der Waals surface area contributed by atoms with Crippen LogP contribution in [0.4, 0.5) is 0 Å². The van der Waals surface area contributed by atoms with Crippen LogP contribution in [0.15, 0.2) is 39.6 Å². The molecule has 106 valence electrons. The maximum absolute atomic E-state index is 12.0. The van der Waals surface area contributed by atoms with Crippen LogP contribution in [-0.4, -0.2) is 17.6 Å². The topological polar surface area (TPSA) is 62.5 Å². The lowest BCUT2D eigenvalue weighted by Crippen LogP contribution is -2.44. The monoisotopic (exact) mass is 291 g/mol. The first-order chi connectivity index (χ1) is 9.70. The Bertz CT molecular complexity index is 524. The van der Waals surface area contributed by atoms with Gasteiger partial charge in [-0.05, 0) is 41.8 Å². The van der Waals surface area contributed by atoms with Gasteiger partial charge in [0.1, 0.15) is 5.76 Å². The smallest absolute Gasteiger partial charge is 0.223 e. The summed E-state index contributed by atoms with van der Waals surface area (Å²) < 4.78 is 5.36. The Morgan fingerprint density at radius 3 is 2.90 bits per heavy atom. The van der Waals surface area contributed by atoms with E-state index in [0.717, 1.165) is 24.8 Å². The minimum atomic E-state index is -1.30. The van der Waals surface area contributed by atoms with E-state index in [1.54, 1.807) is 12.1 Å². The first-order valence-electron chi connectivity index (χ1n) is 6.77. The molecule has 0 aliphatic heterocycles. The van der Waals surface area contributed by atoms with E-state index < -0.39 is 5.60 Å². The van der Waals surface area contributed by atoms with Crippen LogP contribution >= 0.6 is 11.3 Å². The number of carbonyl (C=O) groups excluding carboxylic acids is 1. The number of hydrogen-bond acceptors (Lipinski definition) is 4. The number of hydrogen-bond donors (Lipinski definition) is 2. The number of furan rings is 1. The van der Waals surface area contributed by atoms with Gasteiger partial charge in [-0.2, -0.15) is 11.3 Å². The Labute approximate surface area is 121 Å². The third-order valence-electron chi connectivity index (χ3n) is 3.92. The van der Waals surface area contributed by atoms with Gasteiger partial charge in [-0.1, -0.05) is 6.42 Å². The van der Waals surface area contributed by atoms with E-state index in [-0.39, 0.29) is 18.4 Å². The fourth-order valence-electron chi connectivity index (χ4n) is 2.37. The summed E-state index contributed by atoms with van der Waals surface area (Å²) in [7, 11) is 0. The molecule has 1 atom stereocenters. The molecule has 4 nitrogen and oxygen atoms in total. The molecule has 0 unspecified atom stereocenters. The number of thiophene rings is 1. The second-order valence-electron chi connectivity index (χ2n) is 5.20. The van der Waals surface area contributed by atoms with Crippen molar-refractivity contribution in [1.82, 2.24) is 5.32 Å². The van der Waals surface area contributed by atoms with E-state index in [9.17, 15) is 9.90 Å². The molecule has 1 fully saturated rings. The van der Waals surface area contributed by atoms with Gasteiger partial charge in [0.2, 0.25) is 5.91 Å². The van der Waals surface area contributed by atoms with Gasteiger partial charge in [0.05, 0.1) is 12.8 Å². The molecule has 1 saturated carbocycles. The van der Waals surface area contributed by atoms with Crippen molar-refractivity contribution in [2.75, 3.05) is 6.54 Å². The van der Waals surface area contributed by atoms with Gasteiger partial charge < -0.3 is 14.8 Å². The Morgan fingerprint density at radius 1 is 1.50 bits per heavy atom. The van der Waals surface area contributed by atoms with Gasteiger partial charge in [-0.15, -0.1) is 0 Å². The van der Waals surface area contributed by atoms with Gasteiger partial charge in [0.15, 0.2) is 5.60 Å². The van der Waals surface area contributed by atoms with E-state index in [0.29, 0.717) is 5.76 Å². The summed E-state index contributed by atoms with van der Waals surface area (Å²) >= 11 is 1.51. The van der Waals surface area contributed by atoms with E-state index >= 15 is 0 Å². The average molecular weight is 291 g/mol.